The second-order valence-corrected chi connectivity index (χ2v) is 4.92. The average Bonchev–Trinajstić information content (AvgIpc) is 2.38. The molecule has 1 aliphatic rings. The summed E-state index contributed by atoms with van der Waals surface area (Å²) in [6.45, 7) is 3.68. The van der Waals surface area contributed by atoms with Gasteiger partial charge >= 0.3 is 0 Å². The Balaban J connectivity index is 2.25. The zero-order valence-electron chi connectivity index (χ0n) is 9.87. The van der Waals surface area contributed by atoms with Crippen molar-refractivity contribution in [3.63, 3.8) is 0 Å². The van der Waals surface area contributed by atoms with Crippen molar-refractivity contribution in [3.05, 3.63) is 28.0 Å². The van der Waals surface area contributed by atoms with E-state index in [9.17, 15) is 0 Å². The molecule has 0 spiro atoms. The molecule has 0 saturated carbocycles. The van der Waals surface area contributed by atoms with E-state index in [1.165, 1.54) is 0 Å². The lowest BCUT2D eigenvalue weighted by Gasteiger charge is -2.34. The minimum absolute atomic E-state index is 0.00522. The number of nitriles is 1. The number of halogens is 2. The fourth-order valence-corrected chi connectivity index (χ4v) is 2.66. The van der Waals surface area contributed by atoms with Crippen molar-refractivity contribution in [2.45, 2.75) is 12.5 Å². The molecule has 0 radical (unpaired) electrons. The molecule has 1 aliphatic heterocycles. The van der Waals surface area contributed by atoms with Gasteiger partial charge in [0.2, 0.25) is 0 Å². The minimum Gasteiger partial charge on any atom is -0.314 e. The third-order valence-electron chi connectivity index (χ3n) is 3.08. The normalized spacial score (nSPS) is 18.3. The van der Waals surface area contributed by atoms with E-state index >= 15 is 0 Å². The summed E-state index contributed by atoms with van der Waals surface area (Å²) >= 11 is 11.9. The van der Waals surface area contributed by atoms with Crippen LogP contribution in [0.15, 0.2) is 12.1 Å². The lowest BCUT2D eigenvalue weighted by molar-refractivity contribution is 0.175. The fraction of sp³-hybridized carbons (Fsp3) is 0.500. The Morgan fingerprint density at radius 3 is 2.72 bits per heavy atom. The van der Waals surface area contributed by atoms with E-state index in [0.717, 1.165) is 31.7 Å². The van der Waals surface area contributed by atoms with Crippen LogP contribution in [0.1, 0.15) is 18.0 Å². The molecule has 1 aromatic rings. The van der Waals surface area contributed by atoms with Gasteiger partial charge in [-0.15, -0.1) is 0 Å². The molecule has 2 rings (SSSR count). The number of piperazine rings is 1. The Morgan fingerprint density at radius 1 is 1.39 bits per heavy atom. The number of rotatable bonds is 3. The van der Waals surface area contributed by atoms with Gasteiger partial charge in [0.25, 0.3) is 0 Å². The summed E-state index contributed by atoms with van der Waals surface area (Å²) in [5, 5.41) is 13.0. The quantitative estimate of drug-likeness (QED) is 0.865. The highest BCUT2D eigenvalue weighted by molar-refractivity contribution is 6.32. The molecular weight excluding hydrogens is 271 g/mol. The zero-order chi connectivity index (χ0) is 13.0. The van der Waals surface area contributed by atoms with Gasteiger partial charge in [-0.3, -0.25) is 4.90 Å². The summed E-state index contributed by atoms with van der Waals surface area (Å²) in [7, 11) is 0. The molecule has 0 amide bonds. The Labute approximate surface area is 117 Å². The third-order valence-corrected chi connectivity index (χ3v) is 3.59. The Kier molecular flexibility index (Phi) is 4.79. The molecule has 1 aromatic heterocycles. The summed E-state index contributed by atoms with van der Waals surface area (Å²) in [6, 6.07) is 5.80. The molecule has 1 N–H and O–H groups in total. The van der Waals surface area contributed by atoms with E-state index in [1.807, 2.05) is 6.07 Å². The molecule has 6 heteroatoms. The molecule has 1 atom stereocenters. The number of nitrogens with zero attached hydrogens (tertiary/aromatic N) is 3. The lowest BCUT2D eigenvalue weighted by atomic mass is 10.0. The van der Waals surface area contributed by atoms with Gasteiger partial charge in [0.1, 0.15) is 10.3 Å². The maximum absolute atomic E-state index is 8.99. The highest BCUT2D eigenvalue weighted by Gasteiger charge is 2.24. The predicted molar refractivity (Wildman–Crippen MR) is 71.7 cm³/mol. The molecule has 18 heavy (non-hydrogen) atoms. The van der Waals surface area contributed by atoms with Crippen LogP contribution in [-0.2, 0) is 0 Å². The Morgan fingerprint density at radius 2 is 2.11 bits per heavy atom. The van der Waals surface area contributed by atoms with Crippen LogP contribution in [0.2, 0.25) is 10.3 Å². The van der Waals surface area contributed by atoms with Crippen LogP contribution in [-0.4, -0.2) is 36.1 Å². The van der Waals surface area contributed by atoms with E-state index in [2.05, 4.69) is 21.3 Å². The van der Waals surface area contributed by atoms with E-state index in [0.29, 0.717) is 16.7 Å². The van der Waals surface area contributed by atoms with Gasteiger partial charge < -0.3 is 5.32 Å². The summed E-state index contributed by atoms with van der Waals surface area (Å²) in [4.78, 5) is 6.31. The van der Waals surface area contributed by atoms with Gasteiger partial charge in [-0.25, -0.2) is 4.98 Å². The van der Waals surface area contributed by atoms with Crippen molar-refractivity contribution in [3.8, 4) is 6.07 Å². The summed E-state index contributed by atoms with van der Waals surface area (Å²) in [6.07, 6.45) is 0.406. The summed E-state index contributed by atoms with van der Waals surface area (Å²) in [5.74, 6) is 0. The van der Waals surface area contributed by atoms with Crippen LogP contribution in [0.5, 0.6) is 0 Å². The molecule has 1 saturated heterocycles. The van der Waals surface area contributed by atoms with Gasteiger partial charge in [-0.1, -0.05) is 29.3 Å². The van der Waals surface area contributed by atoms with Gasteiger partial charge in [0, 0.05) is 31.7 Å². The molecule has 4 nitrogen and oxygen atoms in total. The minimum atomic E-state index is -0.00522. The average molecular weight is 285 g/mol. The summed E-state index contributed by atoms with van der Waals surface area (Å²) in [5.41, 5.74) is 0.879. The molecule has 0 aromatic carbocycles. The number of nitrogens with one attached hydrogen (secondary N) is 1. The lowest BCUT2D eigenvalue weighted by Crippen LogP contribution is -2.45. The van der Waals surface area contributed by atoms with Crippen LogP contribution >= 0.6 is 23.2 Å². The molecule has 96 valence electrons. The molecule has 0 aliphatic carbocycles. The number of aromatic nitrogens is 1. The van der Waals surface area contributed by atoms with Crippen molar-refractivity contribution in [2.24, 2.45) is 0 Å². The van der Waals surface area contributed by atoms with Gasteiger partial charge in [0.05, 0.1) is 18.5 Å². The Bertz CT molecular complexity index is 452. The number of hydrogen-bond acceptors (Lipinski definition) is 4. The largest absolute Gasteiger partial charge is 0.314 e. The topological polar surface area (TPSA) is 52.0 Å². The van der Waals surface area contributed by atoms with E-state index in [-0.39, 0.29) is 6.04 Å². The number of hydrogen-bond donors (Lipinski definition) is 1. The van der Waals surface area contributed by atoms with Crippen LogP contribution in [0.3, 0.4) is 0 Å². The first-order chi connectivity index (χ1) is 8.72. The van der Waals surface area contributed by atoms with Crippen molar-refractivity contribution in [1.82, 2.24) is 15.2 Å². The van der Waals surface area contributed by atoms with E-state index < -0.39 is 0 Å². The van der Waals surface area contributed by atoms with Gasteiger partial charge in [-0.2, -0.15) is 5.26 Å². The van der Waals surface area contributed by atoms with Crippen LogP contribution < -0.4 is 5.32 Å². The second kappa shape index (κ2) is 6.35. The van der Waals surface area contributed by atoms with E-state index in [4.69, 9.17) is 28.5 Å². The van der Waals surface area contributed by atoms with Gasteiger partial charge in [0.15, 0.2) is 0 Å². The van der Waals surface area contributed by atoms with Crippen LogP contribution in [0, 0.1) is 11.3 Å². The van der Waals surface area contributed by atoms with Gasteiger partial charge in [-0.05, 0) is 6.07 Å². The Hall–Kier alpha value is -0.860. The zero-order valence-corrected chi connectivity index (χ0v) is 11.4. The highest BCUT2D eigenvalue weighted by Crippen LogP contribution is 2.30. The molecular formula is C12H14Cl2N4. The maximum Gasteiger partial charge on any atom is 0.135 e. The van der Waals surface area contributed by atoms with E-state index in [1.54, 1.807) is 6.07 Å². The first kappa shape index (κ1) is 13.6. The SMILES string of the molecule is N#CC[C@@H](c1ccc(Cl)nc1Cl)N1CCNCC1. The molecule has 0 unspecified atom stereocenters. The van der Waals surface area contributed by atoms with Crippen LogP contribution in [0.4, 0.5) is 0 Å². The third kappa shape index (κ3) is 3.12. The fourth-order valence-electron chi connectivity index (χ4n) is 2.19. The smallest absolute Gasteiger partial charge is 0.135 e. The van der Waals surface area contributed by atoms with Crippen molar-refractivity contribution < 1.29 is 0 Å². The number of pyridine rings is 1. The summed E-state index contributed by atoms with van der Waals surface area (Å²) < 4.78 is 0. The van der Waals surface area contributed by atoms with Crippen LogP contribution in [0.25, 0.3) is 0 Å². The maximum atomic E-state index is 8.99. The molecule has 1 fully saturated rings. The second-order valence-electron chi connectivity index (χ2n) is 4.18. The standard InChI is InChI=1S/C12H14Cl2N4/c13-11-2-1-9(12(14)17-11)10(3-4-15)18-7-5-16-6-8-18/h1-2,10,16H,3,5-8H2/t10-/m0/s1. The first-order valence-electron chi connectivity index (χ1n) is 5.86. The monoisotopic (exact) mass is 284 g/mol. The molecule has 2 heterocycles. The van der Waals surface area contributed by atoms with Crippen molar-refractivity contribution in [1.29, 1.82) is 5.26 Å². The van der Waals surface area contributed by atoms with Crippen molar-refractivity contribution in [2.75, 3.05) is 26.2 Å². The van der Waals surface area contributed by atoms with Crippen molar-refractivity contribution >= 4 is 23.2 Å². The first-order valence-corrected chi connectivity index (χ1v) is 6.61. The highest BCUT2D eigenvalue weighted by atomic mass is 35.5. The predicted octanol–water partition coefficient (Wildman–Crippen LogP) is 2.25. The molecule has 0 bridgehead atoms.